The fourth-order valence-corrected chi connectivity index (χ4v) is 3.45. The number of hydrogen-bond donors (Lipinski definition) is 0. The molecule has 0 fully saturated rings. The van der Waals surface area contributed by atoms with Crippen LogP contribution in [0.4, 0.5) is 0 Å². The van der Waals surface area contributed by atoms with Crippen molar-refractivity contribution in [3.8, 4) is 0 Å². The molecule has 0 aliphatic rings. The summed E-state index contributed by atoms with van der Waals surface area (Å²) in [6.45, 7) is 0. The summed E-state index contributed by atoms with van der Waals surface area (Å²) in [5.41, 5.74) is 1.79. The molecule has 0 radical (unpaired) electrons. The lowest BCUT2D eigenvalue weighted by Gasteiger charge is -2.03. The molecule has 2 nitrogen and oxygen atoms in total. The molecule has 2 rings (SSSR count). The minimum Gasteiger partial charge on any atom is -0.294 e. The van der Waals surface area contributed by atoms with Crippen molar-refractivity contribution in [3.63, 3.8) is 0 Å². The Bertz CT molecular complexity index is 608. The zero-order chi connectivity index (χ0) is 15.1. The quantitative estimate of drug-likeness (QED) is 0.683. The van der Waals surface area contributed by atoms with Gasteiger partial charge in [-0.05, 0) is 24.1 Å². The van der Waals surface area contributed by atoms with E-state index in [1.165, 1.54) is 0 Å². The second-order valence-corrected chi connectivity index (χ2v) is 7.30. The zero-order valence-corrected chi connectivity index (χ0v) is 14.0. The first-order valence-corrected chi connectivity index (χ1v) is 9.11. The van der Waals surface area contributed by atoms with Crippen molar-refractivity contribution in [1.82, 2.24) is 0 Å². The minimum absolute atomic E-state index is 0.110. The topological polar surface area (TPSA) is 34.1 Å². The van der Waals surface area contributed by atoms with Crippen LogP contribution in [0.15, 0.2) is 59.1 Å². The molecule has 1 unspecified atom stereocenters. The molecule has 0 saturated carbocycles. The van der Waals surface area contributed by atoms with E-state index < -0.39 is 10.8 Å². The molecule has 0 aliphatic carbocycles. The highest BCUT2D eigenvalue weighted by Crippen LogP contribution is 2.13. The van der Waals surface area contributed by atoms with Crippen LogP contribution in [0, 0.1) is 0 Å². The maximum Gasteiger partial charge on any atom is 0.162 e. The van der Waals surface area contributed by atoms with Crippen molar-refractivity contribution in [2.45, 2.75) is 18.6 Å². The number of hydrogen-bond acceptors (Lipinski definition) is 2. The van der Waals surface area contributed by atoms with Gasteiger partial charge >= 0.3 is 0 Å². The van der Waals surface area contributed by atoms with Crippen molar-refractivity contribution in [3.05, 3.63) is 70.2 Å². The maximum absolute atomic E-state index is 12.0. The largest absolute Gasteiger partial charge is 0.294 e. The zero-order valence-electron chi connectivity index (χ0n) is 11.6. The molecule has 110 valence electrons. The summed E-state index contributed by atoms with van der Waals surface area (Å²) in [4.78, 5) is 12.0. The first-order chi connectivity index (χ1) is 10.1. The number of rotatable bonds is 7. The van der Waals surface area contributed by atoms with Crippen LogP contribution in [-0.2, 0) is 16.6 Å². The SMILES string of the molecule is O=C(CCCS(=O)Cc1ccccc1)c1ccc(Br)cc1. The maximum atomic E-state index is 12.0. The third kappa shape index (κ3) is 5.56. The molecule has 0 aromatic heterocycles. The van der Waals surface area contributed by atoms with Crippen LogP contribution in [-0.4, -0.2) is 15.7 Å². The van der Waals surface area contributed by atoms with E-state index >= 15 is 0 Å². The molecule has 0 saturated heterocycles. The van der Waals surface area contributed by atoms with Gasteiger partial charge in [-0.25, -0.2) is 0 Å². The molecular formula is C17H17BrO2S. The average molecular weight is 365 g/mol. The number of benzene rings is 2. The van der Waals surface area contributed by atoms with Crippen molar-refractivity contribution in [1.29, 1.82) is 0 Å². The fourth-order valence-electron chi connectivity index (χ4n) is 2.01. The molecule has 0 N–H and O–H groups in total. The Balaban J connectivity index is 1.75. The van der Waals surface area contributed by atoms with E-state index in [0.29, 0.717) is 29.9 Å². The molecule has 2 aromatic rings. The molecular weight excluding hydrogens is 348 g/mol. The summed E-state index contributed by atoms with van der Waals surface area (Å²) in [5, 5.41) is 0. The van der Waals surface area contributed by atoms with Gasteiger partial charge in [-0.2, -0.15) is 0 Å². The highest BCUT2D eigenvalue weighted by atomic mass is 79.9. The van der Waals surface area contributed by atoms with Gasteiger partial charge in [0.1, 0.15) is 0 Å². The summed E-state index contributed by atoms with van der Waals surface area (Å²) >= 11 is 3.35. The number of carbonyl (C=O) groups is 1. The molecule has 0 amide bonds. The summed E-state index contributed by atoms with van der Waals surface area (Å²) in [6, 6.07) is 17.1. The van der Waals surface area contributed by atoms with Gasteiger partial charge in [0.05, 0.1) is 0 Å². The van der Waals surface area contributed by atoms with Crippen molar-refractivity contribution >= 4 is 32.5 Å². The Morgan fingerprint density at radius 2 is 1.67 bits per heavy atom. The number of carbonyl (C=O) groups excluding carboxylic acids is 1. The lowest BCUT2D eigenvalue weighted by Crippen LogP contribution is -2.05. The molecule has 4 heteroatoms. The highest BCUT2D eigenvalue weighted by Gasteiger charge is 2.07. The van der Waals surface area contributed by atoms with Gasteiger partial charge in [0.25, 0.3) is 0 Å². The van der Waals surface area contributed by atoms with Crippen LogP contribution in [0.2, 0.25) is 0 Å². The molecule has 0 bridgehead atoms. The van der Waals surface area contributed by atoms with Crippen LogP contribution in [0.5, 0.6) is 0 Å². The van der Waals surface area contributed by atoms with Gasteiger partial charge < -0.3 is 0 Å². The van der Waals surface area contributed by atoms with Crippen LogP contribution in [0.3, 0.4) is 0 Å². The summed E-state index contributed by atoms with van der Waals surface area (Å²) in [7, 11) is -0.907. The van der Waals surface area contributed by atoms with Gasteiger partial charge in [0.2, 0.25) is 0 Å². The van der Waals surface area contributed by atoms with E-state index in [0.717, 1.165) is 10.0 Å². The molecule has 0 heterocycles. The Hall–Kier alpha value is -1.26. The van der Waals surface area contributed by atoms with Crippen molar-refractivity contribution in [2.24, 2.45) is 0 Å². The Labute approximate surface area is 136 Å². The second kappa shape index (κ2) is 8.25. The number of ketones is 1. The minimum atomic E-state index is -0.907. The molecule has 21 heavy (non-hydrogen) atoms. The van der Waals surface area contributed by atoms with Crippen LogP contribution in [0.25, 0.3) is 0 Å². The molecule has 1 atom stereocenters. The van der Waals surface area contributed by atoms with Gasteiger partial charge in [-0.3, -0.25) is 9.00 Å². The average Bonchev–Trinajstić information content (AvgIpc) is 2.49. The first-order valence-electron chi connectivity index (χ1n) is 6.83. The van der Waals surface area contributed by atoms with Gasteiger partial charge in [-0.15, -0.1) is 0 Å². The lowest BCUT2D eigenvalue weighted by molar-refractivity contribution is 0.0982. The molecule has 0 spiro atoms. The van der Waals surface area contributed by atoms with E-state index in [9.17, 15) is 9.00 Å². The number of halogens is 1. The standard InChI is InChI=1S/C17H17BrO2S/c18-16-10-8-15(9-11-16)17(19)7-4-12-21(20)13-14-5-2-1-3-6-14/h1-3,5-6,8-11H,4,7,12-13H2. The van der Waals surface area contributed by atoms with Crippen molar-refractivity contribution < 1.29 is 9.00 Å². The van der Waals surface area contributed by atoms with Gasteiger partial charge in [0.15, 0.2) is 5.78 Å². The second-order valence-electron chi connectivity index (χ2n) is 4.81. The third-order valence-electron chi connectivity index (χ3n) is 3.11. The third-order valence-corrected chi connectivity index (χ3v) is 5.04. The van der Waals surface area contributed by atoms with Crippen LogP contribution >= 0.6 is 15.9 Å². The van der Waals surface area contributed by atoms with E-state index in [4.69, 9.17) is 0 Å². The predicted octanol–water partition coefficient (Wildman–Crippen LogP) is 4.36. The summed E-state index contributed by atoms with van der Waals surface area (Å²) in [5.74, 6) is 1.24. The summed E-state index contributed by atoms with van der Waals surface area (Å²) in [6.07, 6.45) is 1.11. The smallest absolute Gasteiger partial charge is 0.162 e. The van der Waals surface area contributed by atoms with Crippen LogP contribution in [0.1, 0.15) is 28.8 Å². The van der Waals surface area contributed by atoms with Crippen molar-refractivity contribution in [2.75, 3.05) is 5.75 Å². The van der Waals surface area contributed by atoms with E-state index in [2.05, 4.69) is 15.9 Å². The first kappa shape index (κ1) is 16.1. The fraction of sp³-hybridized carbons (Fsp3) is 0.235. The van der Waals surface area contributed by atoms with E-state index in [1.54, 1.807) is 0 Å². The van der Waals surface area contributed by atoms with Crippen LogP contribution < -0.4 is 0 Å². The Kier molecular flexibility index (Phi) is 6.33. The normalized spacial score (nSPS) is 12.0. The van der Waals surface area contributed by atoms with Gasteiger partial charge in [0, 0.05) is 38.8 Å². The predicted molar refractivity (Wildman–Crippen MR) is 90.9 cm³/mol. The Morgan fingerprint density at radius 1 is 1.00 bits per heavy atom. The molecule has 2 aromatic carbocycles. The van der Waals surface area contributed by atoms with E-state index in [-0.39, 0.29) is 5.78 Å². The molecule has 0 aliphatic heterocycles. The van der Waals surface area contributed by atoms with Gasteiger partial charge in [-0.1, -0.05) is 58.4 Å². The number of Topliss-reactive ketones (excluding diaryl/α,β-unsaturated/α-hetero) is 1. The van der Waals surface area contributed by atoms with E-state index in [1.807, 2.05) is 54.6 Å². The highest BCUT2D eigenvalue weighted by molar-refractivity contribution is 9.10. The Morgan fingerprint density at radius 3 is 2.33 bits per heavy atom. The monoisotopic (exact) mass is 364 g/mol. The summed E-state index contributed by atoms with van der Waals surface area (Å²) < 4.78 is 12.9. The lowest BCUT2D eigenvalue weighted by atomic mass is 10.1.